The predicted molar refractivity (Wildman–Crippen MR) is 94.5 cm³/mol. The van der Waals surface area contributed by atoms with Gasteiger partial charge in [0.25, 0.3) is 0 Å². The lowest BCUT2D eigenvalue weighted by molar-refractivity contribution is 0.173. The highest BCUT2D eigenvalue weighted by atomic mass is 19.1. The summed E-state index contributed by atoms with van der Waals surface area (Å²) in [6, 6.07) is 13.1. The number of piperazine rings is 1. The van der Waals surface area contributed by atoms with Gasteiger partial charge in [0.15, 0.2) is 11.5 Å². The lowest BCUT2D eigenvalue weighted by atomic mass is 10.0. The van der Waals surface area contributed by atoms with Gasteiger partial charge in [-0.1, -0.05) is 18.2 Å². The summed E-state index contributed by atoms with van der Waals surface area (Å²) < 4.78 is 24.8. The fourth-order valence-corrected chi connectivity index (χ4v) is 3.60. The summed E-state index contributed by atoms with van der Waals surface area (Å²) in [5, 5.41) is 0. The van der Waals surface area contributed by atoms with E-state index in [0.717, 1.165) is 43.2 Å². The minimum Gasteiger partial charge on any atom is -0.454 e. The molecule has 0 bridgehead atoms. The van der Waals surface area contributed by atoms with Gasteiger partial charge in [-0.05, 0) is 29.8 Å². The normalized spacial score (nSPS) is 18.4. The quantitative estimate of drug-likeness (QED) is 0.924. The summed E-state index contributed by atoms with van der Waals surface area (Å²) in [6.45, 7) is 4.03. The number of nitrogens with two attached hydrogens (primary N) is 1. The maximum absolute atomic E-state index is 14.0. The molecule has 0 radical (unpaired) electrons. The lowest BCUT2D eigenvalue weighted by Gasteiger charge is -2.40. The van der Waals surface area contributed by atoms with E-state index in [1.165, 1.54) is 6.07 Å². The summed E-state index contributed by atoms with van der Waals surface area (Å²) in [7, 11) is 0. The van der Waals surface area contributed by atoms with Crippen molar-refractivity contribution in [3.63, 3.8) is 0 Å². The number of para-hydroxylation sites is 1. The molecule has 0 saturated carbocycles. The monoisotopic (exact) mass is 343 g/mol. The molecule has 0 spiro atoms. The highest BCUT2D eigenvalue weighted by molar-refractivity contribution is 5.48. The average molecular weight is 343 g/mol. The number of anilines is 1. The van der Waals surface area contributed by atoms with Crippen LogP contribution in [0.2, 0.25) is 0 Å². The van der Waals surface area contributed by atoms with Crippen molar-refractivity contribution >= 4 is 5.69 Å². The highest BCUT2D eigenvalue weighted by Crippen LogP contribution is 2.35. The molecule has 2 N–H and O–H groups in total. The van der Waals surface area contributed by atoms with Crippen molar-refractivity contribution in [2.45, 2.75) is 6.04 Å². The number of nitrogens with zero attached hydrogens (tertiary/aromatic N) is 2. The van der Waals surface area contributed by atoms with E-state index in [2.05, 4.69) is 9.80 Å². The summed E-state index contributed by atoms with van der Waals surface area (Å²) in [6.07, 6.45) is 0. The second kappa shape index (κ2) is 6.90. The third kappa shape index (κ3) is 3.15. The molecule has 0 aromatic heterocycles. The molecule has 1 saturated heterocycles. The smallest absolute Gasteiger partial charge is 0.231 e. The van der Waals surface area contributed by atoms with Gasteiger partial charge >= 0.3 is 0 Å². The van der Waals surface area contributed by atoms with Crippen LogP contribution >= 0.6 is 0 Å². The third-order valence-electron chi connectivity index (χ3n) is 4.95. The van der Waals surface area contributed by atoms with Crippen molar-refractivity contribution in [2.24, 2.45) is 5.73 Å². The molecule has 2 aliphatic heterocycles. The first-order valence-electron chi connectivity index (χ1n) is 8.59. The third-order valence-corrected chi connectivity index (χ3v) is 4.95. The minimum atomic E-state index is -0.165. The Kier molecular flexibility index (Phi) is 4.46. The first-order valence-corrected chi connectivity index (χ1v) is 8.59. The van der Waals surface area contributed by atoms with E-state index >= 15 is 0 Å². The Hall–Kier alpha value is -2.31. The molecule has 2 aromatic rings. The van der Waals surface area contributed by atoms with E-state index in [4.69, 9.17) is 15.2 Å². The number of benzene rings is 2. The number of hydrogen-bond donors (Lipinski definition) is 1. The Bertz CT molecular complexity index is 747. The number of fused-ring (bicyclic) bond motifs is 1. The largest absolute Gasteiger partial charge is 0.454 e. The average Bonchev–Trinajstić information content (AvgIpc) is 3.11. The van der Waals surface area contributed by atoms with Crippen LogP contribution in [0.15, 0.2) is 42.5 Å². The second-order valence-electron chi connectivity index (χ2n) is 6.34. The lowest BCUT2D eigenvalue weighted by Crippen LogP contribution is -2.49. The Balaban J connectivity index is 1.46. The Morgan fingerprint density at radius 1 is 1.00 bits per heavy atom. The molecular weight excluding hydrogens is 321 g/mol. The van der Waals surface area contributed by atoms with Crippen LogP contribution in [0.5, 0.6) is 11.5 Å². The summed E-state index contributed by atoms with van der Waals surface area (Å²) in [5.41, 5.74) is 7.87. The Morgan fingerprint density at radius 3 is 2.52 bits per heavy atom. The van der Waals surface area contributed by atoms with E-state index in [-0.39, 0.29) is 18.7 Å². The van der Waals surface area contributed by atoms with Crippen LogP contribution < -0.4 is 20.1 Å². The summed E-state index contributed by atoms with van der Waals surface area (Å²) in [4.78, 5) is 4.45. The Morgan fingerprint density at radius 2 is 1.76 bits per heavy atom. The molecule has 0 amide bonds. The first kappa shape index (κ1) is 16.2. The van der Waals surface area contributed by atoms with Crippen molar-refractivity contribution in [2.75, 3.05) is 44.4 Å². The molecule has 2 heterocycles. The van der Waals surface area contributed by atoms with E-state index in [1.807, 2.05) is 30.3 Å². The number of ether oxygens (including phenoxy) is 2. The van der Waals surface area contributed by atoms with Gasteiger partial charge in [0.1, 0.15) is 5.82 Å². The fraction of sp³-hybridized carbons (Fsp3) is 0.368. The van der Waals surface area contributed by atoms with Crippen LogP contribution in [0.4, 0.5) is 10.1 Å². The molecule has 0 aliphatic carbocycles. The zero-order valence-electron chi connectivity index (χ0n) is 14.0. The SMILES string of the molecule is NCC(c1ccc2c(c1)OCO2)N1CCN(c2ccccc2F)CC1. The molecular formula is C19H22FN3O2. The molecule has 1 fully saturated rings. The first-order chi connectivity index (χ1) is 12.3. The van der Waals surface area contributed by atoms with E-state index in [1.54, 1.807) is 6.07 Å². The van der Waals surface area contributed by atoms with Crippen LogP contribution in [0.25, 0.3) is 0 Å². The maximum Gasteiger partial charge on any atom is 0.231 e. The van der Waals surface area contributed by atoms with Gasteiger partial charge in [-0.2, -0.15) is 0 Å². The van der Waals surface area contributed by atoms with Crippen molar-refractivity contribution in [3.8, 4) is 11.5 Å². The van der Waals surface area contributed by atoms with E-state index in [9.17, 15) is 4.39 Å². The standard InChI is InChI=1S/C19H22FN3O2/c20-15-3-1-2-4-16(15)22-7-9-23(10-8-22)17(12-21)14-5-6-18-19(11-14)25-13-24-18/h1-6,11,17H,7-10,12-13,21H2. The van der Waals surface area contributed by atoms with Crippen LogP contribution in [-0.4, -0.2) is 44.4 Å². The molecule has 5 nitrogen and oxygen atoms in total. The van der Waals surface area contributed by atoms with Gasteiger partial charge in [0.05, 0.1) is 5.69 Å². The van der Waals surface area contributed by atoms with Crippen molar-refractivity contribution in [3.05, 3.63) is 53.8 Å². The van der Waals surface area contributed by atoms with Crippen LogP contribution in [-0.2, 0) is 0 Å². The number of rotatable bonds is 4. The van der Waals surface area contributed by atoms with Crippen molar-refractivity contribution in [1.29, 1.82) is 0 Å². The van der Waals surface area contributed by atoms with Gasteiger partial charge in [0, 0.05) is 38.8 Å². The number of hydrogen-bond acceptors (Lipinski definition) is 5. The van der Waals surface area contributed by atoms with Gasteiger partial charge in [-0.15, -0.1) is 0 Å². The second-order valence-corrected chi connectivity index (χ2v) is 6.34. The van der Waals surface area contributed by atoms with Crippen LogP contribution in [0.3, 0.4) is 0 Å². The van der Waals surface area contributed by atoms with Gasteiger partial charge in [-0.25, -0.2) is 4.39 Å². The Labute approximate surface area is 146 Å². The molecule has 2 aromatic carbocycles. The summed E-state index contributed by atoms with van der Waals surface area (Å²) in [5.74, 6) is 1.40. The molecule has 2 aliphatic rings. The molecule has 4 rings (SSSR count). The van der Waals surface area contributed by atoms with Gasteiger partial charge in [0.2, 0.25) is 6.79 Å². The van der Waals surface area contributed by atoms with Crippen molar-refractivity contribution in [1.82, 2.24) is 4.90 Å². The number of halogens is 1. The maximum atomic E-state index is 14.0. The molecule has 1 unspecified atom stereocenters. The van der Waals surface area contributed by atoms with Crippen LogP contribution in [0.1, 0.15) is 11.6 Å². The molecule has 132 valence electrons. The highest BCUT2D eigenvalue weighted by Gasteiger charge is 2.26. The molecule has 1 atom stereocenters. The van der Waals surface area contributed by atoms with E-state index in [0.29, 0.717) is 12.2 Å². The van der Waals surface area contributed by atoms with E-state index < -0.39 is 0 Å². The van der Waals surface area contributed by atoms with Gasteiger partial charge < -0.3 is 20.1 Å². The topological polar surface area (TPSA) is 51.0 Å². The molecule has 25 heavy (non-hydrogen) atoms. The predicted octanol–water partition coefficient (Wildman–Crippen LogP) is 2.38. The fourth-order valence-electron chi connectivity index (χ4n) is 3.60. The summed E-state index contributed by atoms with van der Waals surface area (Å²) >= 11 is 0. The molecule has 6 heteroatoms. The minimum absolute atomic E-state index is 0.122. The zero-order valence-corrected chi connectivity index (χ0v) is 14.0. The zero-order chi connectivity index (χ0) is 17.2. The van der Waals surface area contributed by atoms with Gasteiger partial charge in [-0.3, -0.25) is 4.90 Å². The van der Waals surface area contributed by atoms with Crippen molar-refractivity contribution < 1.29 is 13.9 Å². The van der Waals surface area contributed by atoms with Crippen LogP contribution in [0, 0.1) is 5.82 Å².